The van der Waals surface area contributed by atoms with Gasteiger partial charge in [0.25, 0.3) is 5.56 Å². The van der Waals surface area contributed by atoms with Crippen molar-refractivity contribution in [1.82, 2.24) is 14.8 Å². The lowest BCUT2D eigenvalue weighted by Gasteiger charge is -2.34. The summed E-state index contributed by atoms with van der Waals surface area (Å²) in [4.78, 5) is 41.1. The van der Waals surface area contributed by atoms with E-state index >= 15 is 4.39 Å². The van der Waals surface area contributed by atoms with Gasteiger partial charge in [-0.1, -0.05) is 25.7 Å². The molecule has 2 atom stereocenters. The molecule has 1 aromatic heterocycles. The van der Waals surface area contributed by atoms with E-state index in [1.807, 2.05) is 0 Å². The Morgan fingerprint density at radius 1 is 0.960 bits per heavy atom. The highest BCUT2D eigenvalue weighted by Crippen LogP contribution is 2.36. The second kappa shape index (κ2) is 15.4. The number of pyridine rings is 1. The predicted molar refractivity (Wildman–Crippen MR) is 176 cm³/mol. The van der Waals surface area contributed by atoms with E-state index < -0.39 is 65.5 Å². The summed E-state index contributed by atoms with van der Waals surface area (Å²) in [6.45, 7) is 3.53. The molecule has 1 amide bonds. The van der Waals surface area contributed by atoms with E-state index in [2.05, 4.69) is 5.32 Å². The van der Waals surface area contributed by atoms with E-state index in [0.717, 1.165) is 29.2 Å². The Morgan fingerprint density at radius 2 is 1.66 bits per heavy atom. The monoisotopic (exact) mass is 705 g/mol. The first-order chi connectivity index (χ1) is 23.6. The van der Waals surface area contributed by atoms with Crippen LogP contribution in [-0.2, 0) is 28.6 Å². The van der Waals surface area contributed by atoms with E-state index in [4.69, 9.17) is 0 Å². The fraction of sp³-hybridized carbons (Fsp3) is 0.486. The summed E-state index contributed by atoms with van der Waals surface area (Å²) in [5.41, 5.74) is 0.127. The number of aromatic nitrogens is 1. The zero-order chi connectivity index (χ0) is 36.3. The van der Waals surface area contributed by atoms with Gasteiger partial charge in [-0.05, 0) is 97.2 Å². The first-order valence-corrected chi connectivity index (χ1v) is 16.9. The molecule has 1 fully saturated rings. The number of alkyl halides is 4. The molecule has 13 heteroatoms. The SMILES string of the molecule is Cc1cc2cc(c1F)[C@H](CC(=O)O)NC(=O)[C@@H](n1cc(CCN3CC(F)C3)c(C(F)(F)F)cc1=O)CCCCCCCc1cc(F)cc(C)c1-2. The van der Waals surface area contributed by atoms with Gasteiger partial charge < -0.3 is 15.0 Å². The largest absolute Gasteiger partial charge is 0.481 e. The third-order valence-electron chi connectivity index (χ3n) is 9.66. The van der Waals surface area contributed by atoms with Crippen molar-refractivity contribution in [1.29, 1.82) is 0 Å². The van der Waals surface area contributed by atoms with Crippen LogP contribution in [0.25, 0.3) is 11.1 Å². The van der Waals surface area contributed by atoms with Crippen molar-refractivity contribution in [3.8, 4) is 11.1 Å². The number of hydrogen-bond acceptors (Lipinski definition) is 4. The van der Waals surface area contributed by atoms with Crippen LogP contribution in [0.15, 0.2) is 41.3 Å². The average Bonchev–Trinajstić information content (AvgIpc) is 3.00. The van der Waals surface area contributed by atoms with Gasteiger partial charge in [-0.15, -0.1) is 0 Å². The number of halogens is 6. The van der Waals surface area contributed by atoms with E-state index in [-0.39, 0.29) is 49.2 Å². The lowest BCUT2D eigenvalue weighted by molar-refractivity contribution is -0.139. The third kappa shape index (κ3) is 8.59. The minimum absolute atomic E-state index is 0.0424. The molecular weight excluding hydrogens is 664 g/mol. The maximum absolute atomic E-state index is 15.9. The summed E-state index contributed by atoms with van der Waals surface area (Å²) in [5, 5.41) is 12.4. The fourth-order valence-corrected chi connectivity index (χ4v) is 7.15. The van der Waals surface area contributed by atoms with Crippen LogP contribution in [0.5, 0.6) is 0 Å². The quantitative estimate of drug-likeness (QED) is 0.261. The van der Waals surface area contributed by atoms with Gasteiger partial charge in [-0.25, -0.2) is 13.2 Å². The zero-order valence-electron chi connectivity index (χ0n) is 28.0. The number of amides is 1. The number of nitrogens with one attached hydrogen (secondary N) is 1. The highest BCUT2D eigenvalue weighted by molar-refractivity contribution is 5.82. The summed E-state index contributed by atoms with van der Waals surface area (Å²) in [6.07, 6.45) is -1.97. The number of rotatable bonds is 6. The van der Waals surface area contributed by atoms with Crippen LogP contribution >= 0.6 is 0 Å². The van der Waals surface area contributed by atoms with E-state index in [1.54, 1.807) is 17.9 Å². The van der Waals surface area contributed by atoms with Crippen LogP contribution in [0.4, 0.5) is 26.3 Å². The molecular formula is C37H41F6N3O4. The smallest absolute Gasteiger partial charge is 0.416 e. The lowest BCUT2D eigenvalue weighted by atomic mass is 9.88. The number of likely N-dealkylation sites (tertiary alicyclic amines) is 1. The number of fused-ring (bicyclic) bond motifs is 4. The van der Waals surface area contributed by atoms with Crippen LogP contribution in [0.1, 0.15) is 90.4 Å². The Bertz CT molecular complexity index is 1800. The molecule has 270 valence electrons. The van der Waals surface area contributed by atoms with Crippen molar-refractivity contribution >= 4 is 11.9 Å². The highest BCUT2D eigenvalue weighted by atomic mass is 19.4. The number of benzene rings is 2. The fourth-order valence-electron chi connectivity index (χ4n) is 7.15. The zero-order valence-corrected chi connectivity index (χ0v) is 28.0. The van der Waals surface area contributed by atoms with Crippen molar-refractivity contribution in [3.63, 3.8) is 0 Å². The Kier molecular flexibility index (Phi) is 11.4. The second-order valence-corrected chi connectivity index (χ2v) is 13.5. The van der Waals surface area contributed by atoms with Crippen molar-refractivity contribution in [2.24, 2.45) is 0 Å². The number of carbonyl (C=O) groups excluding carboxylic acids is 1. The number of carboxylic acid groups (broad SMARTS) is 1. The van der Waals surface area contributed by atoms with Gasteiger partial charge in [0, 0.05) is 37.5 Å². The van der Waals surface area contributed by atoms with Gasteiger partial charge >= 0.3 is 12.1 Å². The van der Waals surface area contributed by atoms with Crippen LogP contribution in [0.2, 0.25) is 0 Å². The van der Waals surface area contributed by atoms with Crippen molar-refractivity contribution in [2.75, 3.05) is 19.6 Å². The standard InChI is InChI=1S/C37H41F6N3O4/c1-21-13-26(38)14-23-8-6-4-3-5-7-9-31(36(50)44-30(17-33(48)49)28-15-25(34(21)23)12-22(2)35(28)40)46-18-24(10-11-45-19-27(39)20-45)29(16-32(46)47)37(41,42)43/h12-16,18,27,30-31H,3-11,17,19-20H2,1-2H3,(H,44,50)(H,48,49)/t30-,31-/m0/s1. The topological polar surface area (TPSA) is 91.6 Å². The van der Waals surface area contributed by atoms with Gasteiger partial charge in [0.1, 0.15) is 23.8 Å². The van der Waals surface area contributed by atoms with Crippen LogP contribution in [0, 0.1) is 25.5 Å². The molecule has 2 aromatic carbocycles. The van der Waals surface area contributed by atoms with Crippen molar-refractivity contribution in [3.05, 3.63) is 91.9 Å². The molecule has 7 nitrogen and oxygen atoms in total. The maximum atomic E-state index is 15.9. The van der Waals surface area contributed by atoms with Crippen molar-refractivity contribution < 1.29 is 41.0 Å². The lowest BCUT2D eigenvalue weighted by Crippen LogP contribution is -2.49. The molecule has 5 rings (SSSR count). The summed E-state index contributed by atoms with van der Waals surface area (Å²) in [5.74, 6) is -3.36. The summed E-state index contributed by atoms with van der Waals surface area (Å²) >= 11 is 0. The van der Waals surface area contributed by atoms with E-state index in [0.29, 0.717) is 48.4 Å². The molecule has 3 aromatic rings. The molecule has 2 bridgehead atoms. The first-order valence-electron chi connectivity index (χ1n) is 16.9. The van der Waals surface area contributed by atoms with Gasteiger partial charge in [0.05, 0.1) is 18.0 Å². The van der Waals surface area contributed by atoms with Crippen LogP contribution in [-0.4, -0.2) is 52.3 Å². The number of aryl methyl sites for hydroxylation is 3. The maximum Gasteiger partial charge on any atom is 0.416 e. The van der Waals surface area contributed by atoms with Gasteiger partial charge in [0.15, 0.2) is 0 Å². The molecule has 0 radical (unpaired) electrons. The Morgan fingerprint density at radius 3 is 2.34 bits per heavy atom. The number of nitrogens with zero attached hydrogens (tertiary/aromatic N) is 2. The molecule has 2 aliphatic rings. The van der Waals surface area contributed by atoms with E-state index in [1.165, 1.54) is 25.1 Å². The predicted octanol–water partition coefficient (Wildman–Crippen LogP) is 7.40. The molecule has 0 unspecified atom stereocenters. The summed E-state index contributed by atoms with van der Waals surface area (Å²) in [7, 11) is 0. The Balaban J connectivity index is 1.59. The molecule has 2 aliphatic heterocycles. The van der Waals surface area contributed by atoms with E-state index in [9.17, 15) is 41.4 Å². The molecule has 0 aliphatic carbocycles. The first kappa shape index (κ1) is 37.1. The van der Waals surface area contributed by atoms with Gasteiger partial charge in [0.2, 0.25) is 5.91 Å². The summed E-state index contributed by atoms with van der Waals surface area (Å²) < 4.78 is 87.0. The molecule has 1 saturated heterocycles. The van der Waals surface area contributed by atoms with Crippen LogP contribution in [0.3, 0.4) is 0 Å². The molecule has 0 saturated carbocycles. The number of carbonyl (C=O) groups is 2. The van der Waals surface area contributed by atoms with Gasteiger partial charge in [-0.2, -0.15) is 13.2 Å². The Labute approximate surface area is 286 Å². The number of hydrogen-bond donors (Lipinski definition) is 2. The molecule has 2 N–H and O–H groups in total. The third-order valence-corrected chi connectivity index (χ3v) is 9.66. The molecule has 50 heavy (non-hydrogen) atoms. The average molecular weight is 706 g/mol. The van der Waals surface area contributed by atoms with Crippen molar-refractivity contribution in [2.45, 2.75) is 96.1 Å². The molecule has 3 heterocycles. The molecule has 0 spiro atoms. The van der Waals surface area contributed by atoms with Crippen LogP contribution < -0.4 is 10.9 Å². The minimum Gasteiger partial charge on any atom is -0.481 e. The normalized spacial score (nSPS) is 19.8. The van der Waals surface area contributed by atoms with Gasteiger partial charge in [-0.3, -0.25) is 19.3 Å². The summed E-state index contributed by atoms with van der Waals surface area (Å²) in [6, 6.07) is 3.57. The second-order valence-electron chi connectivity index (χ2n) is 13.5. The number of aliphatic carboxylic acids is 1. The highest BCUT2D eigenvalue weighted by Gasteiger charge is 2.36. The minimum atomic E-state index is -4.86. The Hall–Kier alpha value is -4.13. The number of carboxylic acids is 1.